The molecule has 2 aromatic rings. The van der Waals surface area contributed by atoms with Gasteiger partial charge < -0.3 is 5.73 Å². The molecule has 0 saturated heterocycles. The van der Waals surface area contributed by atoms with Gasteiger partial charge in [0, 0.05) is 0 Å². The van der Waals surface area contributed by atoms with Crippen molar-refractivity contribution in [1.82, 2.24) is 24.7 Å². The molecule has 0 spiro atoms. The minimum Gasteiger partial charge on any atom is -0.322 e. The zero-order valence-corrected chi connectivity index (χ0v) is 8.57. The molecule has 0 aliphatic heterocycles. The van der Waals surface area contributed by atoms with E-state index in [-0.39, 0.29) is 11.7 Å². The Balaban J connectivity index is 2.43. The highest BCUT2D eigenvalue weighted by Gasteiger charge is 2.11. The lowest BCUT2D eigenvalue weighted by Crippen LogP contribution is -2.14. The number of rotatable bonds is 2. The van der Waals surface area contributed by atoms with Crippen LogP contribution in [0.3, 0.4) is 0 Å². The van der Waals surface area contributed by atoms with Crippen LogP contribution < -0.4 is 5.73 Å². The molecule has 0 aromatic carbocycles. The molecule has 0 saturated carbocycles. The maximum absolute atomic E-state index is 8.59. The zero-order chi connectivity index (χ0) is 11.5. The van der Waals surface area contributed by atoms with E-state index in [0.717, 1.165) is 0 Å². The highest BCUT2D eigenvalue weighted by atomic mass is 15.4. The first-order valence-corrected chi connectivity index (χ1v) is 4.60. The molecule has 0 fully saturated rings. The molecule has 2 aromatic heterocycles. The summed E-state index contributed by atoms with van der Waals surface area (Å²) in [4.78, 5) is 12.0. The predicted octanol–water partition coefficient (Wildman–Crippen LogP) is -0.0513. The fraction of sp³-hybridized carbons (Fsp3) is 0.222. The maximum atomic E-state index is 8.59. The van der Waals surface area contributed by atoms with Crippen LogP contribution in [0.4, 0.5) is 0 Å². The molecule has 7 heteroatoms. The SMILES string of the molecule is C[C@H](N)c1ncnn1-c1cnc(C#N)cn1. The lowest BCUT2D eigenvalue weighted by molar-refractivity contribution is 0.679. The third-order valence-corrected chi connectivity index (χ3v) is 1.95. The van der Waals surface area contributed by atoms with Crippen molar-refractivity contribution in [2.24, 2.45) is 5.73 Å². The third kappa shape index (κ3) is 1.74. The Labute approximate surface area is 91.6 Å². The molecular weight excluding hydrogens is 206 g/mol. The fourth-order valence-electron chi connectivity index (χ4n) is 1.23. The summed E-state index contributed by atoms with van der Waals surface area (Å²) >= 11 is 0. The molecule has 2 heterocycles. The molecule has 0 aliphatic carbocycles. The summed E-state index contributed by atoms with van der Waals surface area (Å²) in [5, 5.41) is 12.6. The second-order valence-electron chi connectivity index (χ2n) is 3.19. The van der Waals surface area contributed by atoms with Crippen molar-refractivity contribution in [1.29, 1.82) is 5.26 Å². The Morgan fingerprint density at radius 3 is 2.75 bits per heavy atom. The highest BCUT2D eigenvalue weighted by Crippen LogP contribution is 2.09. The number of hydrogen-bond donors (Lipinski definition) is 1. The molecule has 80 valence electrons. The van der Waals surface area contributed by atoms with Gasteiger partial charge in [-0.2, -0.15) is 15.0 Å². The average Bonchev–Trinajstić information content (AvgIpc) is 2.78. The first-order chi connectivity index (χ1) is 7.72. The summed E-state index contributed by atoms with van der Waals surface area (Å²) in [5.74, 6) is 1.09. The lowest BCUT2D eigenvalue weighted by Gasteiger charge is -2.06. The Bertz CT molecular complexity index is 520. The molecule has 0 bridgehead atoms. The molecule has 0 aliphatic rings. The van der Waals surface area contributed by atoms with Crippen molar-refractivity contribution < 1.29 is 0 Å². The van der Waals surface area contributed by atoms with Gasteiger partial charge in [0.15, 0.2) is 17.3 Å². The first-order valence-electron chi connectivity index (χ1n) is 4.60. The van der Waals surface area contributed by atoms with Crippen LogP contribution in [0, 0.1) is 11.3 Å². The van der Waals surface area contributed by atoms with Crippen LogP contribution in [0.5, 0.6) is 0 Å². The van der Waals surface area contributed by atoms with Gasteiger partial charge in [-0.05, 0) is 6.92 Å². The number of nitrogens with two attached hydrogens (primary N) is 1. The van der Waals surface area contributed by atoms with Gasteiger partial charge in [-0.15, -0.1) is 0 Å². The van der Waals surface area contributed by atoms with Gasteiger partial charge in [-0.25, -0.2) is 15.0 Å². The van der Waals surface area contributed by atoms with E-state index in [1.165, 1.54) is 23.4 Å². The van der Waals surface area contributed by atoms with Crippen LogP contribution >= 0.6 is 0 Å². The standard InChI is InChI=1S/C9H9N7/c1-6(11)9-14-5-15-16(9)8-4-12-7(2-10)3-13-8/h3-6H,11H2,1H3/t6-/m0/s1. The predicted molar refractivity (Wildman–Crippen MR) is 54.3 cm³/mol. The van der Waals surface area contributed by atoms with Crippen LogP contribution in [0.25, 0.3) is 5.82 Å². The third-order valence-electron chi connectivity index (χ3n) is 1.95. The maximum Gasteiger partial charge on any atom is 0.174 e. The number of aromatic nitrogens is 5. The van der Waals surface area contributed by atoms with E-state index < -0.39 is 0 Å². The summed E-state index contributed by atoms with van der Waals surface area (Å²) in [5.41, 5.74) is 5.98. The zero-order valence-electron chi connectivity index (χ0n) is 8.57. The van der Waals surface area contributed by atoms with Gasteiger partial charge in [-0.3, -0.25) is 0 Å². The first kappa shape index (κ1) is 10.2. The topological polar surface area (TPSA) is 106 Å². The molecule has 16 heavy (non-hydrogen) atoms. The molecular formula is C9H9N7. The number of hydrogen-bond acceptors (Lipinski definition) is 6. The van der Waals surface area contributed by atoms with E-state index in [2.05, 4.69) is 20.1 Å². The molecule has 0 amide bonds. The van der Waals surface area contributed by atoms with Crippen molar-refractivity contribution in [2.45, 2.75) is 13.0 Å². The van der Waals surface area contributed by atoms with Crippen LogP contribution in [0.2, 0.25) is 0 Å². The quantitative estimate of drug-likeness (QED) is 0.752. The monoisotopic (exact) mass is 215 g/mol. The normalized spacial score (nSPS) is 12.1. The van der Waals surface area contributed by atoms with Gasteiger partial charge in [0.1, 0.15) is 12.4 Å². The summed E-state index contributed by atoms with van der Waals surface area (Å²) in [6, 6.07) is 1.64. The second kappa shape index (κ2) is 4.04. The minimum absolute atomic E-state index is 0.250. The summed E-state index contributed by atoms with van der Waals surface area (Å²) < 4.78 is 1.50. The van der Waals surface area contributed by atoms with Crippen LogP contribution in [-0.4, -0.2) is 24.7 Å². The van der Waals surface area contributed by atoms with Crippen molar-refractivity contribution in [3.05, 3.63) is 30.2 Å². The van der Waals surface area contributed by atoms with Crippen LogP contribution in [0.1, 0.15) is 24.5 Å². The lowest BCUT2D eigenvalue weighted by atomic mass is 10.3. The second-order valence-corrected chi connectivity index (χ2v) is 3.19. The number of nitriles is 1. The van der Waals surface area contributed by atoms with Gasteiger partial charge in [-0.1, -0.05) is 0 Å². The molecule has 1 atom stereocenters. The molecule has 2 N–H and O–H groups in total. The van der Waals surface area contributed by atoms with E-state index in [1.54, 1.807) is 6.92 Å². The Kier molecular flexibility index (Phi) is 2.57. The van der Waals surface area contributed by atoms with E-state index in [9.17, 15) is 0 Å². The van der Waals surface area contributed by atoms with Crippen molar-refractivity contribution in [3.8, 4) is 11.9 Å². The molecule has 0 unspecified atom stereocenters. The average molecular weight is 215 g/mol. The van der Waals surface area contributed by atoms with Gasteiger partial charge in [0.05, 0.1) is 18.4 Å². The van der Waals surface area contributed by atoms with Gasteiger partial charge in [0.25, 0.3) is 0 Å². The van der Waals surface area contributed by atoms with E-state index >= 15 is 0 Å². The number of nitrogens with zero attached hydrogens (tertiary/aromatic N) is 6. The van der Waals surface area contributed by atoms with Crippen LogP contribution in [0.15, 0.2) is 18.7 Å². The minimum atomic E-state index is -0.250. The smallest absolute Gasteiger partial charge is 0.174 e. The summed E-state index contributed by atoms with van der Waals surface area (Å²) in [7, 11) is 0. The van der Waals surface area contributed by atoms with Crippen molar-refractivity contribution in [2.75, 3.05) is 0 Å². The Hall–Kier alpha value is -2.33. The van der Waals surface area contributed by atoms with E-state index in [1.807, 2.05) is 6.07 Å². The molecule has 0 radical (unpaired) electrons. The highest BCUT2D eigenvalue weighted by molar-refractivity contribution is 5.24. The Morgan fingerprint density at radius 2 is 2.19 bits per heavy atom. The largest absolute Gasteiger partial charge is 0.322 e. The van der Waals surface area contributed by atoms with Crippen LogP contribution in [-0.2, 0) is 0 Å². The summed E-state index contributed by atoms with van der Waals surface area (Å²) in [6.45, 7) is 1.80. The van der Waals surface area contributed by atoms with Gasteiger partial charge in [0.2, 0.25) is 0 Å². The van der Waals surface area contributed by atoms with E-state index in [0.29, 0.717) is 11.6 Å². The van der Waals surface area contributed by atoms with Crippen molar-refractivity contribution in [3.63, 3.8) is 0 Å². The van der Waals surface area contributed by atoms with E-state index in [4.69, 9.17) is 11.0 Å². The fourth-order valence-corrected chi connectivity index (χ4v) is 1.23. The molecule has 7 nitrogen and oxygen atoms in total. The van der Waals surface area contributed by atoms with Crippen molar-refractivity contribution >= 4 is 0 Å². The summed E-state index contributed by atoms with van der Waals surface area (Å²) in [6.07, 6.45) is 4.24. The van der Waals surface area contributed by atoms with Gasteiger partial charge >= 0.3 is 0 Å². The molecule has 2 rings (SSSR count). The Morgan fingerprint density at radius 1 is 1.38 bits per heavy atom.